The highest BCUT2D eigenvalue weighted by atomic mass is 16.5. The Kier molecular flexibility index (Phi) is 7.23. The molecule has 0 radical (unpaired) electrons. The molecule has 0 aliphatic carbocycles. The Morgan fingerprint density at radius 3 is 2.37 bits per heavy atom. The first-order valence-electron chi connectivity index (χ1n) is 9.01. The zero-order valence-corrected chi connectivity index (χ0v) is 16.3. The van der Waals surface area contributed by atoms with Gasteiger partial charge in [0.1, 0.15) is 12.4 Å². The van der Waals surface area contributed by atoms with Crippen molar-refractivity contribution in [3.8, 4) is 5.75 Å². The van der Waals surface area contributed by atoms with E-state index in [0.29, 0.717) is 24.5 Å². The number of hydrogen-bond acceptors (Lipinski definition) is 3. The van der Waals surface area contributed by atoms with Crippen molar-refractivity contribution in [2.75, 3.05) is 23.8 Å². The maximum absolute atomic E-state index is 12.1. The third-order valence-electron chi connectivity index (χ3n) is 3.96. The van der Waals surface area contributed by atoms with E-state index in [1.807, 2.05) is 64.1 Å². The Bertz CT molecular complexity index is 786. The summed E-state index contributed by atoms with van der Waals surface area (Å²) in [6.45, 7) is 8.32. The number of rotatable bonds is 7. The molecule has 6 heteroatoms. The van der Waals surface area contributed by atoms with Crippen LogP contribution in [-0.2, 0) is 4.79 Å². The van der Waals surface area contributed by atoms with E-state index in [1.165, 1.54) is 5.56 Å². The molecule has 0 aromatic heterocycles. The maximum atomic E-state index is 12.1. The molecule has 6 nitrogen and oxygen atoms in total. The van der Waals surface area contributed by atoms with Crippen LogP contribution >= 0.6 is 0 Å². The smallest absolute Gasteiger partial charge is 0.319 e. The Labute approximate surface area is 160 Å². The monoisotopic (exact) mass is 369 g/mol. The van der Waals surface area contributed by atoms with Crippen LogP contribution in [0.25, 0.3) is 0 Å². The lowest BCUT2D eigenvalue weighted by molar-refractivity contribution is -0.118. The van der Waals surface area contributed by atoms with Crippen molar-refractivity contribution in [3.05, 3.63) is 53.6 Å². The van der Waals surface area contributed by atoms with Crippen molar-refractivity contribution in [2.24, 2.45) is 5.92 Å². The summed E-state index contributed by atoms with van der Waals surface area (Å²) in [6.07, 6.45) is 0. The highest BCUT2D eigenvalue weighted by molar-refractivity contribution is 5.94. The van der Waals surface area contributed by atoms with Crippen LogP contribution < -0.4 is 20.7 Å². The molecule has 2 aromatic rings. The number of carbonyl (C=O) groups is 2. The molecule has 3 N–H and O–H groups in total. The summed E-state index contributed by atoms with van der Waals surface area (Å²) >= 11 is 0. The molecule has 144 valence electrons. The number of aryl methyl sites for hydroxylation is 2. The van der Waals surface area contributed by atoms with Crippen molar-refractivity contribution in [3.63, 3.8) is 0 Å². The highest BCUT2D eigenvalue weighted by Crippen LogP contribution is 2.20. The van der Waals surface area contributed by atoms with Crippen LogP contribution in [0.5, 0.6) is 5.75 Å². The summed E-state index contributed by atoms with van der Waals surface area (Å²) < 4.78 is 5.58. The topological polar surface area (TPSA) is 79.5 Å². The number of anilines is 2. The zero-order chi connectivity index (χ0) is 19.8. The van der Waals surface area contributed by atoms with E-state index in [1.54, 1.807) is 6.07 Å². The van der Waals surface area contributed by atoms with Gasteiger partial charge < -0.3 is 20.7 Å². The average molecular weight is 369 g/mol. The van der Waals surface area contributed by atoms with Gasteiger partial charge >= 0.3 is 6.03 Å². The van der Waals surface area contributed by atoms with Gasteiger partial charge in [-0.1, -0.05) is 37.6 Å². The van der Waals surface area contributed by atoms with E-state index in [-0.39, 0.29) is 17.9 Å². The average Bonchev–Trinajstić information content (AvgIpc) is 2.63. The third-order valence-corrected chi connectivity index (χ3v) is 3.96. The third kappa shape index (κ3) is 6.66. The molecular weight excluding hydrogens is 342 g/mol. The second-order valence-electron chi connectivity index (χ2n) is 6.72. The summed E-state index contributed by atoms with van der Waals surface area (Å²) in [7, 11) is 0. The zero-order valence-electron chi connectivity index (χ0n) is 16.3. The molecule has 0 aliphatic heterocycles. The van der Waals surface area contributed by atoms with E-state index < -0.39 is 0 Å². The van der Waals surface area contributed by atoms with Crippen molar-refractivity contribution in [1.29, 1.82) is 0 Å². The molecule has 0 bridgehead atoms. The molecule has 0 aliphatic rings. The van der Waals surface area contributed by atoms with Crippen LogP contribution in [0.1, 0.15) is 25.0 Å². The number of benzene rings is 2. The van der Waals surface area contributed by atoms with Gasteiger partial charge in [-0.3, -0.25) is 4.79 Å². The Balaban J connectivity index is 1.82. The first-order chi connectivity index (χ1) is 12.8. The minimum absolute atomic E-state index is 0.0671. The van der Waals surface area contributed by atoms with E-state index >= 15 is 0 Å². The minimum atomic E-state index is -0.321. The fraction of sp³-hybridized carbons (Fsp3) is 0.333. The highest BCUT2D eigenvalue weighted by Gasteiger charge is 2.09. The molecule has 0 heterocycles. The molecule has 3 amide bonds. The van der Waals surface area contributed by atoms with Crippen LogP contribution in [-0.4, -0.2) is 25.1 Å². The van der Waals surface area contributed by atoms with Crippen molar-refractivity contribution >= 4 is 23.3 Å². The first-order valence-corrected chi connectivity index (χ1v) is 9.01. The van der Waals surface area contributed by atoms with Gasteiger partial charge in [0.15, 0.2) is 0 Å². The number of amides is 3. The second-order valence-corrected chi connectivity index (χ2v) is 6.72. The SMILES string of the molecule is Cc1ccc(OCCNC(=O)Nc2cc(NC(=O)C(C)C)ccc2C)cc1. The molecule has 27 heavy (non-hydrogen) atoms. The van der Waals surface area contributed by atoms with Gasteiger partial charge in [-0.15, -0.1) is 0 Å². The number of ether oxygens (including phenoxy) is 1. The fourth-order valence-corrected chi connectivity index (χ4v) is 2.26. The predicted octanol–water partition coefficient (Wildman–Crippen LogP) is 4.10. The van der Waals surface area contributed by atoms with Crippen molar-refractivity contribution in [2.45, 2.75) is 27.7 Å². The summed E-state index contributed by atoms with van der Waals surface area (Å²) in [5.41, 5.74) is 3.37. The number of urea groups is 1. The van der Waals surface area contributed by atoms with Crippen LogP contribution in [0.2, 0.25) is 0 Å². The molecule has 0 saturated heterocycles. The quantitative estimate of drug-likeness (QED) is 0.643. The van der Waals surface area contributed by atoms with E-state index in [2.05, 4.69) is 16.0 Å². The summed E-state index contributed by atoms with van der Waals surface area (Å²) in [4.78, 5) is 23.9. The van der Waals surface area contributed by atoms with E-state index in [0.717, 1.165) is 11.3 Å². The van der Waals surface area contributed by atoms with Gasteiger partial charge in [0.05, 0.1) is 6.54 Å². The Hall–Kier alpha value is -3.02. The van der Waals surface area contributed by atoms with Gasteiger partial charge in [-0.25, -0.2) is 4.79 Å². The standard InChI is InChI=1S/C21H27N3O3/c1-14(2)20(25)23-17-8-7-16(4)19(13-17)24-21(26)22-11-12-27-18-9-5-15(3)6-10-18/h5-10,13-14H,11-12H2,1-4H3,(H,23,25)(H2,22,24,26). The Morgan fingerprint density at radius 2 is 1.70 bits per heavy atom. The summed E-state index contributed by atoms with van der Waals surface area (Å²) in [6, 6.07) is 12.8. The lowest BCUT2D eigenvalue weighted by atomic mass is 10.1. The van der Waals surface area contributed by atoms with Crippen LogP contribution in [0, 0.1) is 19.8 Å². The molecule has 2 rings (SSSR count). The van der Waals surface area contributed by atoms with Crippen molar-refractivity contribution in [1.82, 2.24) is 5.32 Å². The molecule has 0 fully saturated rings. The van der Waals surface area contributed by atoms with Crippen LogP contribution in [0.15, 0.2) is 42.5 Å². The minimum Gasteiger partial charge on any atom is -0.492 e. The maximum Gasteiger partial charge on any atom is 0.319 e. The predicted molar refractivity (Wildman–Crippen MR) is 108 cm³/mol. The number of carbonyl (C=O) groups excluding carboxylic acids is 2. The molecule has 0 spiro atoms. The lowest BCUT2D eigenvalue weighted by Crippen LogP contribution is -2.32. The van der Waals surface area contributed by atoms with Crippen LogP contribution in [0.3, 0.4) is 0 Å². The van der Waals surface area contributed by atoms with Gasteiger partial charge in [0.2, 0.25) is 5.91 Å². The summed E-state index contributed by atoms with van der Waals surface area (Å²) in [5.74, 6) is 0.592. The number of hydrogen-bond donors (Lipinski definition) is 3. The van der Waals surface area contributed by atoms with Crippen LogP contribution in [0.4, 0.5) is 16.2 Å². The molecule has 0 atom stereocenters. The molecule has 0 unspecified atom stereocenters. The van der Waals surface area contributed by atoms with E-state index in [4.69, 9.17) is 4.74 Å². The normalized spacial score (nSPS) is 10.4. The fourth-order valence-electron chi connectivity index (χ4n) is 2.26. The second kappa shape index (κ2) is 9.62. The van der Waals surface area contributed by atoms with Crippen molar-refractivity contribution < 1.29 is 14.3 Å². The van der Waals surface area contributed by atoms with Gasteiger partial charge in [0.25, 0.3) is 0 Å². The summed E-state index contributed by atoms with van der Waals surface area (Å²) in [5, 5.41) is 8.38. The number of nitrogens with one attached hydrogen (secondary N) is 3. The Morgan fingerprint density at radius 1 is 1.00 bits per heavy atom. The molecule has 0 saturated carbocycles. The van der Waals surface area contributed by atoms with Gasteiger partial charge in [-0.2, -0.15) is 0 Å². The van der Waals surface area contributed by atoms with Gasteiger partial charge in [0, 0.05) is 17.3 Å². The molecular formula is C21H27N3O3. The largest absolute Gasteiger partial charge is 0.492 e. The molecule has 2 aromatic carbocycles. The van der Waals surface area contributed by atoms with E-state index in [9.17, 15) is 9.59 Å². The first kappa shape index (κ1) is 20.3. The lowest BCUT2D eigenvalue weighted by Gasteiger charge is -2.13. The van der Waals surface area contributed by atoms with Gasteiger partial charge in [-0.05, 0) is 43.7 Å².